The minimum absolute atomic E-state index is 0. The molecule has 1 heteroatoms. The van der Waals surface area contributed by atoms with Crippen LogP contribution < -0.4 is 18.9 Å². The number of hydrogen-bond donors (Lipinski definition) is 0. The van der Waals surface area contributed by atoms with Gasteiger partial charge in [-0.3, -0.25) is 6.08 Å². The van der Waals surface area contributed by atoms with Gasteiger partial charge in [-0.15, -0.1) is 0 Å². The number of allylic oxidation sites excluding steroid dienone is 1. The monoisotopic (exact) mass is 216 g/mol. The number of hydrogen-bond acceptors (Lipinski definition) is 0. The molecule has 0 aliphatic heterocycles. The van der Waals surface area contributed by atoms with Gasteiger partial charge in [0, 0.05) is 0 Å². The molecule has 0 nitrogen and oxygen atoms in total. The van der Waals surface area contributed by atoms with Crippen LogP contribution in [0.1, 0.15) is 84.0 Å². The molecule has 0 N–H and O–H groups in total. The van der Waals surface area contributed by atoms with Crippen molar-refractivity contribution in [2.45, 2.75) is 84.0 Å². The Balaban J connectivity index is 0. The fraction of sp³-hybridized carbons (Fsp3) is 0.867. The maximum Gasteiger partial charge on any atom is 1.00 e. The third kappa shape index (κ3) is 16.8. The van der Waals surface area contributed by atoms with Crippen molar-refractivity contribution in [3.8, 4) is 0 Å². The van der Waals surface area contributed by atoms with Gasteiger partial charge in [-0.2, -0.15) is 0 Å². The van der Waals surface area contributed by atoms with Crippen LogP contribution in [0.25, 0.3) is 0 Å². The molecule has 0 bridgehead atoms. The molecule has 0 unspecified atom stereocenters. The van der Waals surface area contributed by atoms with Crippen molar-refractivity contribution >= 4 is 0 Å². The number of rotatable bonds is 12. The second kappa shape index (κ2) is 17.7. The van der Waals surface area contributed by atoms with Gasteiger partial charge in [0.25, 0.3) is 0 Å². The first-order valence-corrected chi connectivity index (χ1v) is 6.95. The molecule has 0 aromatic heterocycles. The molecule has 0 amide bonds. The minimum Gasteiger partial charge on any atom is -0.518 e. The topological polar surface area (TPSA) is 0 Å². The zero-order valence-corrected chi connectivity index (χ0v) is 11.6. The summed E-state index contributed by atoms with van der Waals surface area (Å²) in [5.74, 6) is 0. The van der Waals surface area contributed by atoms with Gasteiger partial charge in [0.15, 0.2) is 0 Å². The molecule has 0 saturated carbocycles. The Morgan fingerprint density at radius 3 is 1.44 bits per heavy atom. The van der Waals surface area contributed by atoms with E-state index in [0.717, 1.165) is 6.42 Å². The molecule has 90 valence electrons. The summed E-state index contributed by atoms with van der Waals surface area (Å²) in [6, 6.07) is 0. The predicted molar refractivity (Wildman–Crippen MR) is 69.9 cm³/mol. The van der Waals surface area contributed by atoms with Crippen molar-refractivity contribution in [1.82, 2.24) is 0 Å². The fourth-order valence-corrected chi connectivity index (χ4v) is 1.93. The molecule has 0 aromatic rings. The molecule has 0 aliphatic rings. The Bertz CT molecular complexity index is 121. The molecule has 0 fully saturated rings. The average molecular weight is 216 g/mol. The van der Waals surface area contributed by atoms with Gasteiger partial charge in [0.2, 0.25) is 0 Å². The van der Waals surface area contributed by atoms with Crippen LogP contribution in [0.4, 0.5) is 0 Å². The molecular weight excluding hydrogens is 187 g/mol. The first-order chi connectivity index (χ1) is 7.41. The van der Waals surface area contributed by atoms with E-state index in [9.17, 15) is 0 Å². The SMILES string of the molecule is [CH-]=CCCCCCCCCCCCCC.[Li+]. The normalized spacial score (nSPS) is 9.81. The summed E-state index contributed by atoms with van der Waals surface area (Å²) in [4.78, 5) is 0. The summed E-state index contributed by atoms with van der Waals surface area (Å²) in [6.07, 6.45) is 18.4. The van der Waals surface area contributed by atoms with E-state index in [4.69, 9.17) is 6.58 Å². The van der Waals surface area contributed by atoms with E-state index in [1.807, 2.05) is 0 Å². The molecule has 0 aliphatic carbocycles. The van der Waals surface area contributed by atoms with E-state index in [-0.39, 0.29) is 18.9 Å². The van der Waals surface area contributed by atoms with E-state index in [1.54, 1.807) is 6.08 Å². The Labute approximate surface area is 115 Å². The van der Waals surface area contributed by atoms with Crippen molar-refractivity contribution in [2.75, 3.05) is 0 Å². The summed E-state index contributed by atoms with van der Waals surface area (Å²) in [6.45, 7) is 7.60. The molecule has 16 heavy (non-hydrogen) atoms. The van der Waals surface area contributed by atoms with Crippen LogP contribution >= 0.6 is 0 Å². The summed E-state index contributed by atoms with van der Waals surface area (Å²) >= 11 is 0. The standard InChI is InChI=1S/C15H29.Li/c1-3-5-7-9-11-13-15-14-12-10-8-6-4-2;/h1,3H,4-15H2,2H3;/q-1;+1. The van der Waals surface area contributed by atoms with Crippen LogP contribution in [-0.2, 0) is 0 Å². The van der Waals surface area contributed by atoms with Crippen LogP contribution in [-0.4, -0.2) is 0 Å². The smallest absolute Gasteiger partial charge is 0.518 e. The molecule has 0 saturated heterocycles. The van der Waals surface area contributed by atoms with E-state index < -0.39 is 0 Å². The van der Waals surface area contributed by atoms with Gasteiger partial charge >= 0.3 is 18.9 Å². The Morgan fingerprint density at radius 2 is 1.06 bits per heavy atom. The van der Waals surface area contributed by atoms with Gasteiger partial charge in [-0.25, -0.2) is 0 Å². The largest absolute Gasteiger partial charge is 1.00 e. The van der Waals surface area contributed by atoms with Crippen molar-refractivity contribution in [1.29, 1.82) is 0 Å². The molecule has 0 atom stereocenters. The predicted octanol–water partition coefficient (Wildman–Crippen LogP) is 2.68. The second-order valence-electron chi connectivity index (χ2n) is 4.56. The molecule has 0 spiro atoms. The van der Waals surface area contributed by atoms with Crippen molar-refractivity contribution in [2.24, 2.45) is 0 Å². The molecule has 0 aromatic carbocycles. The van der Waals surface area contributed by atoms with E-state index in [1.165, 1.54) is 70.6 Å². The van der Waals surface area contributed by atoms with Crippen molar-refractivity contribution < 1.29 is 18.9 Å². The molecular formula is C15H29Li. The maximum absolute atomic E-state index is 5.32. The van der Waals surface area contributed by atoms with Gasteiger partial charge < -0.3 is 6.58 Å². The molecule has 0 radical (unpaired) electrons. The Hall–Kier alpha value is 0.337. The first-order valence-electron chi connectivity index (χ1n) is 6.95. The Kier molecular flexibility index (Phi) is 20.7. The van der Waals surface area contributed by atoms with Gasteiger partial charge in [-0.1, -0.05) is 84.0 Å². The van der Waals surface area contributed by atoms with Crippen LogP contribution in [0.5, 0.6) is 0 Å². The third-order valence-corrected chi connectivity index (χ3v) is 2.97. The van der Waals surface area contributed by atoms with Crippen LogP contribution in [0.15, 0.2) is 6.08 Å². The fourth-order valence-electron chi connectivity index (χ4n) is 1.93. The second-order valence-corrected chi connectivity index (χ2v) is 4.56. The van der Waals surface area contributed by atoms with Gasteiger partial charge in [0.05, 0.1) is 0 Å². The zero-order valence-electron chi connectivity index (χ0n) is 11.6. The number of unbranched alkanes of at least 4 members (excludes halogenated alkanes) is 11. The van der Waals surface area contributed by atoms with E-state index >= 15 is 0 Å². The van der Waals surface area contributed by atoms with Crippen molar-refractivity contribution in [3.05, 3.63) is 12.7 Å². The first kappa shape index (κ1) is 18.7. The van der Waals surface area contributed by atoms with E-state index in [2.05, 4.69) is 6.92 Å². The average Bonchev–Trinajstić information content (AvgIpc) is 2.26. The minimum atomic E-state index is 0. The van der Waals surface area contributed by atoms with Crippen molar-refractivity contribution in [3.63, 3.8) is 0 Å². The summed E-state index contributed by atoms with van der Waals surface area (Å²) < 4.78 is 0. The van der Waals surface area contributed by atoms with Crippen LogP contribution in [0, 0.1) is 6.58 Å². The Morgan fingerprint density at radius 1 is 0.688 bits per heavy atom. The van der Waals surface area contributed by atoms with E-state index in [0.29, 0.717) is 0 Å². The van der Waals surface area contributed by atoms with Crippen LogP contribution in [0.3, 0.4) is 0 Å². The third-order valence-electron chi connectivity index (χ3n) is 2.97. The summed E-state index contributed by atoms with van der Waals surface area (Å²) in [5.41, 5.74) is 0. The molecule has 0 rings (SSSR count). The summed E-state index contributed by atoms with van der Waals surface area (Å²) in [5, 5.41) is 0. The maximum atomic E-state index is 5.32. The van der Waals surface area contributed by atoms with Crippen LogP contribution in [0.2, 0.25) is 0 Å². The quantitative estimate of drug-likeness (QED) is 0.267. The zero-order chi connectivity index (χ0) is 11.2. The van der Waals surface area contributed by atoms with Gasteiger partial charge in [-0.05, 0) is 0 Å². The summed E-state index contributed by atoms with van der Waals surface area (Å²) in [7, 11) is 0. The van der Waals surface area contributed by atoms with Gasteiger partial charge in [0.1, 0.15) is 0 Å². The molecule has 0 heterocycles.